The standard InChI is InChI=1S/C42H66N8O8/c1-10-26(6)36(40(56)48-32-19-28(16-24(2)3)45-37(32)53)50-35(52)21-34(51)30(17-25(4)5)46-39(55)33(20-29-22-43-23-44-29)47-38(54)31(18-27-14-12-11-13-15-27)49-41(57)58-42(7,8)9/h11-15,22-26,28,30-34,36,51H,10,16-21H2,1-9H3,(H,43,44)(H,45,53)(H,46,55)(H,47,54)(H,48,56)(H,49,57)(H,50,52)/t26-,28-,30-,31-,32?,33-,34-,36-/m0/s1. The third kappa shape index (κ3) is 16.1. The van der Waals surface area contributed by atoms with Crippen LogP contribution in [-0.4, -0.2) is 98.7 Å². The molecule has 8 atom stereocenters. The molecule has 322 valence electrons. The maximum Gasteiger partial charge on any atom is 0.408 e. The number of imidazole rings is 1. The van der Waals surface area contributed by atoms with Crippen molar-refractivity contribution in [3.8, 4) is 0 Å². The number of ether oxygens (including phenoxy) is 1. The number of alkyl carbamates (subject to hydrolysis) is 1. The predicted octanol–water partition coefficient (Wildman–Crippen LogP) is 2.81. The van der Waals surface area contributed by atoms with Crippen molar-refractivity contribution in [2.45, 2.75) is 155 Å². The molecule has 8 N–H and O–H groups in total. The van der Waals surface area contributed by atoms with Crippen LogP contribution in [0.25, 0.3) is 0 Å². The van der Waals surface area contributed by atoms with Gasteiger partial charge in [0.25, 0.3) is 0 Å². The second-order valence-electron chi connectivity index (χ2n) is 17.3. The second-order valence-corrected chi connectivity index (χ2v) is 17.3. The Hall–Kier alpha value is -4.99. The summed E-state index contributed by atoms with van der Waals surface area (Å²) in [6.07, 6.45) is 2.57. The molecular weight excluding hydrogens is 745 g/mol. The Balaban J connectivity index is 1.76. The summed E-state index contributed by atoms with van der Waals surface area (Å²) >= 11 is 0. The van der Waals surface area contributed by atoms with Gasteiger partial charge in [0.05, 0.1) is 30.6 Å². The molecule has 2 heterocycles. The summed E-state index contributed by atoms with van der Waals surface area (Å²) in [5, 5.41) is 28.2. The molecule has 0 radical (unpaired) electrons. The van der Waals surface area contributed by atoms with Crippen molar-refractivity contribution < 1.29 is 38.6 Å². The van der Waals surface area contributed by atoms with Gasteiger partial charge in [0.2, 0.25) is 29.5 Å². The van der Waals surface area contributed by atoms with Gasteiger partial charge in [-0.3, -0.25) is 24.0 Å². The third-order valence-corrected chi connectivity index (χ3v) is 9.87. The number of hydrogen-bond donors (Lipinski definition) is 8. The SMILES string of the molecule is CC[C@H](C)[C@H](NC(=O)C[C@H](O)[C@H](CC(C)C)NC(=O)[C@H](Cc1c[nH]cn1)NC(=O)[C@H](Cc1ccccc1)NC(=O)OC(C)(C)C)C(=O)NC1C[C@H](CC(C)C)NC1=O. The largest absolute Gasteiger partial charge is 0.444 e. The van der Waals surface area contributed by atoms with E-state index in [1.807, 2.05) is 58.0 Å². The lowest BCUT2D eigenvalue weighted by molar-refractivity contribution is -0.133. The number of rotatable bonds is 21. The molecular formula is C42H66N8O8. The van der Waals surface area contributed by atoms with Crippen LogP contribution in [0.1, 0.15) is 106 Å². The molecule has 1 aromatic carbocycles. The zero-order valence-electron chi connectivity index (χ0n) is 35.5. The zero-order valence-corrected chi connectivity index (χ0v) is 35.5. The highest BCUT2D eigenvalue weighted by atomic mass is 16.6. The number of aliphatic hydroxyl groups is 1. The minimum Gasteiger partial charge on any atom is -0.444 e. The van der Waals surface area contributed by atoms with E-state index in [1.54, 1.807) is 27.0 Å². The van der Waals surface area contributed by atoms with Crippen molar-refractivity contribution in [1.29, 1.82) is 0 Å². The Morgan fingerprint density at radius 3 is 2.14 bits per heavy atom. The molecule has 1 aromatic heterocycles. The van der Waals surface area contributed by atoms with E-state index in [2.05, 4.69) is 55.7 Å². The summed E-state index contributed by atoms with van der Waals surface area (Å²) in [5.41, 5.74) is 0.411. The molecule has 0 bridgehead atoms. The van der Waals surface area contributed by atoms with Crippen LogP contribution in [0.15, 0.2) is 42.9 Å². The summed E-state index contributed by atoms with van der Waals surface area (Å²) < 4.78 is 5.42. The highest BCUT2D eigenvalue weighted by molar-refractivity contribution is 5.94. The molecule has 1 fully saturated rings. The average molecular weight is 811 g/mol. The fourth-order valence-electron chi connectivity index (χ4n) is 6.83. The molecule has 0 spiro atoms. The fourth-order valence-corrected chi connectivity index (χ4v) is 6.83. The van der Waals surface area contributed by atoms with Gasteiger partial charge in [-0.2, -0.15) is 0 Å². The maximum absolute atomic E-state index is 14.1. The predicted molar refractivity (Wildman–Crippen MR) is 219 cm³/mol. The lowest BCUT2D eigenvalue weighted by Crippen LogP contribution is -2.58. The van der Waals surface area contributed by atoms with E-state index in [4.69, 9.17) is 4.74 Å². The molecule has 16 heteroatoms. The lowest BCUT2D eigenvalue weighted by Gasteiger charge is -2.30. The molecule has 6 amide bonds. The van der Waals surface area contributed by atoms with E-state index in [9.17, 15) is 33.9 Å². The third-order valence-electron chi connectivity index (χ3n) is 9.87. The minimum atomic E-state index is -1.37. The highest BCUT2D eigenvalue weighted by Gasteiger charge is 2.37. The number of carbonyl (C=O) groups is 6. The topological polar surface area (TPSA) is 233 Å². The number of hydrogen-bond acceptors (Lipinski definition) is 9. The first-order chi connectivity index (χ1) is 27.2. The number of nitrogens with zero attached hydrogens (tertiary/aromatic N) is 1. The Bertz CT molecular complexity index is 1650. The van der Waals surface area contributed by atoms with Gasteiger partial charge in [-0.25, -0.2) is 9.78 Å². The summed E-state index contributed by atoms with van der Waals surface area (Å²) in [5.74, 6) is -2.58. The number of H-pyrrole nitrogens is 1. The van der Waals surface area contributed by atoms with Crippen LogP contribution in [-0.2, 0) is 41.6 Å². The van der Waals surface area contributed by atoms with E-state index in [0.29, 0.717) is 24.5 Å². The van der Waals surface area contributed by atoms with Crippen molar-refractivity contribution in [2.24, 2.45) is 17.8 Å². The van der Waals surface area contributed by atoms with Crippen LogP contribution < -0.4 is 31.9 Å². The summed E-state index contributed by atoms with van der Waals surface area (Å²) in [4.78, 5) is 87.5. The smallest absolute Gasteiger partial charge is 0.408 e. The van der Waals surface area contributed by atoms with Gasteiger partial charge >= 0.3 is 6.09 Å². The van der Waals surface area contributed by atoms with Crippen LogP contribution in [0.5, 0.6) is 0 Å². The number of carbonyl (C=O) groups excluding carboxylic acids is 6. The maximum atomic E-state index is 14.1. The molecule has 1 saturated heterocycles. The Kier molecular flexibility index (Phi) is 18.2. The van der Waals surface area contributed by atoms with E-state index < -0.39 is 78.1 Å². The van der Waals surface area contributed by atoms with Crippen LogP contribution in [0.4, 0.5) is 4.79 Å². The van der Waals surface area contributed by atoms with Crippen molar-refractivity contribution in [1.82, 2.24) is 41.9 Å². The van der Waals surface area contributed by atoms with Crippen LogP contribution in [0, 0.1) is 17.8 Å². The number of nitrogens with one attached hydrogen (secondary N) is 7. The van der Waals surface area contributed by atoms with Gasteiger partial charge in [-0.1, -0.05) is 78.3 Å². The molecule has 2 aromatic rings. The lowest BCUT2D eigenvalue weighted by atomic mass is 9.95. The molecule has 0 aliphatic carbocycles. The van der Waals surface area contributed by atoms with Crippen LogP contribution in [0.2, 0.25) is 0 Å². The first kappa shape index (κ1) is 47.4. The summed E-state index contributed by atoms with van der Waals surface area (Å²) in [7, 11) is 0. The molecule has 1 aliphatic rings. The van der Waals surface area contributed by atoms with Gasteiger partial charge in [0.1, 0.15) is 29.8 Å². The van der Waals surface area contributed by atoms with Gasteiger partial charge in [0.15, 0.2) is 0 Å². The van der Waals surface area contributed by atoms with Gasteiger partial charge in [0, 0.05) is 25.1 Å². The van der Waals surface area contributed by atoms with Gasteiger partial charge in [-0.05, 0) is 63.4 Å². The van der Waals surface area contributed by atoms with Crippen molar-refractivity contribution in [2.75, 3.05) is 0 Å². The summed E-state index contributed by atoms with van der Waals surface area (Å²) in [6.45, 7) is 16.7. The van der Waals surface area contributed by atoms with Crippen molar-refractivity contribution >= 4 is 35.6 Å². The number of benzene rings is 1. The fraction of sp³-hybridized carbons (Fsp3) is 0.643. The number of amides is 6. The number of aromatic nitrogens is 2. The molecule has 0 saturated carbocycles. The van der Waals surface area contributed by atoms with E-state index in [-0.39, 0.29) is 43.0 Å². The van der Waals surface area contributed by atoms with Gasteiger partial charge < -0.3 is 46.7 Å². The Morgan fingerprint density at radius 2 is 1.55 bits per heavy atom. The number of aromatic amines is 1. The Labute approximate surface area is 342 Å². The minimum absolute atomic E-state index is 0.0219. The van der Waals surface area contributed by atoms with Crippen molar-refractivity contribution in [3.05, 3.63) is 54.1 Å². The van der Waals surface area contributed by atoms with E-state index in [0.717, 1.165) is 12.0 Å². The van der Waals surface area contributed by atoms with Crippen LogP contribution >= 0.6 is 0 Å². The van der Waals surface area contributed by atoms with Crippen LogP contribution in [0.3, 0.4) is 0 Å². The highest BCUT2D eigenvalue weighted by Crippen LogP contribution is 2.18. The average Bonchev–Trinajstić information content (AvgIpc) is 3.76. The zero-order chi connectivity index (χ0) is 43.2. The molecule has 1 aliphatic heterocycles. The number of aliphatic hydroxyl groups excluding tert-OH is 1. The summed E-state index contributed by atoms with van der Waals surface area (Å²) in [6, 6.07) is 4.11. The molecule has 58 heavy (non-hydrogen) atoms. The molecule has 1 unspecified atom stereocenters. The van der Waals surface area contributed by atoms with E-state index >= 15 is 0 Å². The molecule has 16 nitrogen and oxygen atoms in total. The quantitative estimate of drug-likeness (QED) is 0.0925. The monoisotopic (exact) mass is 811 g/mol. The van der Waals surface area contributed by atoms with E-state index in [1.165, 1.54) is 6.33 Å². The molecule has 3 rings (SSSR count). The van der Waals surface area contributed by atoms with Crippen molar-refractivity contribution in [3.63, 3.8) is 0 Å². The first-order valence-electron chi connectivity index (χ1n) is 20.4. The Morgan fingerprint density at radius 1 is 0.897 bits per heavy atom. The normalized spacial score (nSPS) is 18.6. The second kappa shape index (κ2) is 22.2. The van der Waals surface area contributed by atoms with Gasteiger partial charge in [-0.15, -0.1) is 0 Å². The first-order valence-corrected chi connectivity index (χ1v) is 20.4.